The molecular formula is C13H20N2O. The first-order valence-corrected chi connectivity index (χ1v) is 6.00. The first kappa shape index (κ1) is 11.6. The van der Waals surface area contributed by atoms with Crippen molar-refractivity contribution in [3.8, 4) is 0 Å². The standard InChI is InChI=1S/C13H20N2O/c1-16-13(7-4-8-13)11-14-10-6-12-5-2-3-9-15-12/h2-3,5,9,14H,4,6-8,10-11H2,1H3. The molecule has 0 aliphatic heterocycles. The summed E-state index contributed by atoms with van der Waals surface area (Å²) in [5.41, 5.74) is 1.28. The van der Waals surface area contributed by atoms with E-state index in [1.807, 2.05) is 25.4 Å². The average Bonchev–Trinajstić information content (AvgIpc) is 2.29. The Bertz CT molecular complexity index is 303. The van der Waals surface area contributed by atoms with Gasteiger partial charge in [-0.15, -0.1) is 0 Å². The Morgan fingerprint density at radius 1 is 1.44 bits per heavy atom. The number of hydrogen-bond donors (Lipinski definition) is 1. The molecule has 1 aromatic heterocycles. The fourth-order valence-corrected chi connectivity index (χ4v) is 2.10. The summed E-state index contributed by atoms with van der Waals surface area (Å²) in [5, 5.41) is 3.46. The summed E-state index contributed by atoms with van der Waals surface area (Å²) in [4.78, 5) is 4.30. The van der Waals surface area contributed by atoms with Gasteiger partial charge in [0, 0.05) is 38.5 Å². The van der Waals surface area contributed by atoms with Crippen LogP contribution in [-0.2, 0) is 11.2 Å². The van der Waals surface area contributed by atoms with Gasteiger partial charge in [0.1, 0.15) is 0 Å². The molecule has 1 heterocycles. The molecule has 3 heteroatoms. The fraction of sp³-hybridized carbons (Fsp3) is 0.615. The first-order chi connectivity index (χ1) is 7.85. The summed E-state index contributed by atoms with van der Waals surface area (Å²) in [5.74, 6) is 0. The fourth-order valence-electron chi connectivity index (χ4n) is 2.10. The predicted molar refractivity (Wildman–Crippen MR) is 64.4 cm³/mol. The number of nitrogens with one attached hydrogen (secondary N) is 1. The first-order valence-electron chi connectivity index (χ1n) is 6.00. The third-order valence-corrected chi connectivity index (χ3v) is 3.43. The number of hydrogen-bond acceptors (Lipinski definition) is 3. The SMILES string of the molecule is COC1(CNCCc2ccccn2)CCC1. The minimum Gasteiger partial charge on any atom is -0.377 e. The van der Waals surface area contributed by atoms with Crippen LogP contribution in [0, 0.1) is 0 Å². The molecule has 0 unspecified atom stereocenters. The Kier molecular flexibility index (Phi) is 3.91. The molecule has 0 atom stereocenters. The van der Waals surface area contributed by atoms with E-state index in [1.165, 1.54) is 19.3 Å². The molecule has 0 bridgehead atoms. The number of methoxy groups -OCH3 is 1. The van der Waals surface area contributed by atoms with Crippen molar-refractivity contribution < 1.29 is 4.74 Å². The van der Waals surface area contributed by atoms with Gasteiger partial charge in [-0.2, -0.15) is 0 Å². The van der Waals surface area contributed by atoms with Crippen molar-refractivity contribution in [3.63, 3.8) is 0 Å². The second-order valence-corrected chi connectivity index (χ2v) is 4.49. The summed E-state index contributed by atoms with van der Waals surface area (Å²) in [7, 11) is 1.82. The molecule has 1 aliphatic rings. The van der Waals surface area contributed by atoms with E-state index < -0.39 is 0 Å². The van der Waals surface area contributed by atoms with E-state index in [2.05, 4.69) is 16.4 Å². The molecule has 1 saturated carbocycles. The van der Waals surface area contributed by atoms with Gasteiger partial charge >= 0.3 is 0 Å². The number of pyridine rings is 1. The highest BCUT2D eigenvalue weighted by Gasteiger charge is 2.36. The van der Waals surface area contributed by atoms with Crippen molar-refractivity contribution in [2.45, 2.75) is 31.3 Å². The molecule has 0 amide bonds. The van der Waals surface area contributed by atoms with E-state index in [0.29, 0.717) is 0 Å². The number of nitrogens with zero attached hydrogens (tertiary/aromatic N) is 1. The van der Waals surface area contributed by atoms with Gasteiger partial charge < -0.3 is 10.1 Å². The van der Waals surface area contributed by atoms with Crippen LogP contribution in [0.3, 0.4) is 0 Å². The Balaban J connectivity index is 1.65. The number of aromatic nitrogens is 1. The van der Waals surface area contributed by atoms with E-state index in [0.717, 1.165) is 25.2 Å². The zero-order valence-corrected chi connectivity index (χ0v) is 9.91. The quantitative estimate of drug-likeness (QED) is 0.742. The predicted octanol–water partition coefficient (Wildman–Crippen LogP) is 1.78. The lowest BCUT2D eigenvalue weighted by Gasteiger charge is -2.40. The molecular weight excluding hydrogens is 200 g/mol. The zero-order valence-electron chi connectivity index (χ0n) is 9.91. The molecule has 1 aromatic rings. The van der Waals surface area contributed by atoms with Crippen molar-refractivity contribution in [2.75, 3.05) is 20.2 Å². The maximum atomic E-state index is 5.55. The van der Waals surface area contributed by atoms with E-state index >= 15 is 0 Å². The summed E-state index contributed by atoms with van der Waals surface area (Å²) in [6.07, 6.45) is 6.52. The number of rotatable bonds is 6. The normalized spacial score (nSPS) is 18.1. The average molecular weight is 220 g/mol. The summed E-state index contributed by atoms with van der Waals surface area (Å²) < 4.78 is 5.55. The third kappa shape index (κ3) is 2.80. The van der Waals surface area contributed by atoms with Gasteiger partial charge in [0.25, 0.3) is 0 Å². The monoisotopic (exact) mass is 220 g/mol. The minimum atomic E-state index is 0.129. The topological polar surface area (TPSA) is 34.1 Å². The lowest BCUT2D eigenvalue weighted by molar-refractivity contribution is -0.0691. The molecule has 16 heavy (non-hydrogen) atoms. The van der Waals surface area contributed by atoms with Crippen LogP contribution >= 0.6 is 0 Å². The molecule has 0 radical (unpaired) electrons. The van der Waals surface area contributed by atoms with Crippen LogP contribution < -0.4 is 5.32 Å². The van der Waals surface area contributed by atoms with Gasteiger partial charge in [-0.3, -0.25) is 4.98 Å². The van der Waals surface area contributed by atoms with Gasteiger partial charge in [0.05, 0.1) is 5.60 Å². The van der Waals surface area contributed by atoms with Gasteiger partial charge in [-0.25, -0.2) is 0 Å². The molecule has 3 nitrogen and oxygen atoms in total. The van der Waals surface area contributed by atoms with Crippen molar-refractivity contribution in [2.24, 2.45) is 0 Å². The third-order valence-electron chi connectivity index (χ3n) is 3.43. The minimum absolute atomic E-state index is 0.129. The molecule has 1 N–H and O–H groups in total. The largest absolute Gasteiger partial charge is 0.377 e. The molecule has 0 saturated heterocycles. The second kappa shape index (κ2) is 5.41. The van der Waals surface area contributed by atoms with Gasteiger partial charge in [0.15, 0.2) is 0 Å². The van der Waals surface area contributed by atoms with Crippen LogP contribution in [0.4, 0.5) is 0 Å². The highest BCUT2D eigenvalue weighted by Crippen LogP contribution is 2.34. The van der Waals surface area contributed by atoms with Crippen molar-refractivity contribution >= 4 is 0 Å². The Hall–Kier alpha value is -0.930. The molecule has 2 rings (SSSR count). The van der Waals surface area contributed by atoms with Crippen LogP contribution in [0.5, 0.6) is 0 Å². The Morgan fingerprint density at radius 2 is 2.31 bits per heavy atom. The highest BCUT2D eigenvalue weighted by atomic mass is 16.5. The second-order valence-electron chi connectivity index (χ2n) is 4.49. The van der Waals surface area contributed by atoms with Crippen LogP contribution in [0.15, 0.2) is 24.4 Å². The maximum absolute atomic E-state index is 5.55. The van der Waals surface area contributed by atoms with E-state index in [4.69, 9.17) is 4.74 Å². The molecule has 88 valence electrons. The summed E-state index contributed by atoms with van der Waals surface area (Å²) >= 11 is 0. The molecule has 0 spiro atoms. The molecule has 1 fully saturated rings. The molecule has 1 aliphatic carbocycles. The van der Waals surface area contributed by atoms with E-state index in [1.54, 1.807) is 0 Å². The van der Waals surface area contributed by atoms with Crippen LogP contribution in [0.2, 0.25) is 0 Å². The lowest BCUT2D eigenvalue weighted by Crippen LogP contribution is -2.48. The smallest absolute Gasteiger partial charge is 0.0802 e. The summed E-state index contributed by atoms with van der Waals surface area (Å²) in [6.45, 7) is 1.94. The van der Waals surface area contributed by atoms with Gasteiger partial charge in [-0.1, -0.05) is 6.07 Å². The van der Waals surface area contributed by atoms with E-state index in [9.17, 15) is 0 Å². The maximum Gasteiger partial charge on any atom is 0.0802 e. The summed E-state index contributed by atoms with van der Waals surface area (Å²) in [6, 6.07) is 6.05. The van der Waals surface area contributed by atoms with Gasteiger partial charge in [0.2, 0.25) is 0 Å². The lowest BCUT2D eigenvalue weighted by atomic mass is 9.80. The number of ether oxygens (including phenoxy) is 1. The molecule has 0 aromatic carbocycles. The highest BCUT2D eigenvalue weighted by molar-refractivity contribution is 5.03. The van der Waals surface area contributed by atoms with E-state index in [-0.39, 0.29) is 5.60 Å². The zero-order chi connectivity index (χ0) is 11.3. The Labute approximate surface area is 97.2 Å². The van der Waals surface area contributed by atoms with Crippen LogP contribution in [-0.4, -0.2) is 30.8 Å². The van der Waals surface area contributed by atoms with Crippen LogP contribution in [0.25, 0.3) is 0 Å². The Morgan fingerprint density at radius 3 is 2.88 bits per heavy atom. The van der Waals surface area contributed by atoms with Crippen LogP contribution in [0.1, 0.15) is 25.0 Å². The van der Waals surface area contributed by atoms with Gasteiger partial charge in [-0.05, 0) is 31.4 Å². The van der Waals surface area contributed by atoms with Crippen molar-refractivity contribution in [1.82, 2.24) is 10.3 Å². The van der Waals surface area contributed by atoms with Crippen molar-refractivity contribution in [1.29, 1.82) is 0 Å². The van der Waals surface area contributed by atoms with Crippen molar-refractivity contribution in [3.05, 3.63) is 30.1 Å².